The van der Waals surface area contributed by atoms with E-state index in [1.807, 2.05) is 49.5 Å². The van der Waals surface area contributed by atoms with Crippen LogP contribution >= 0.6 is 0 Å². The van der Waals surface area contributed by atoms with Crippen molar-refractivity contribution in [2.45, 2.75) is 65.5 Å². The molecular weight excluding hydrogens is 356 g/mol. The molecule has 2 atom stereocenters. The Morgan fingerprint density at radius 2 is 1.32 bits per heavy atom. The maximum atomic E-state index is 12.7. The second-order valence-electron chi connectivity index (χ2n) is 8.14. The molecule has 152 valence electrons. The average molecular weight is 387 g/mol. The lowest BCUT2D eigenvalue weighted by molar-refractivity contribution is -0.124. The highest BCUT2D eigenvalue weighted by Crippen LogP contribution is 2.31. The van der Waals surface area contributed by atoms with Gasteiger partial charge in [0, 0.05) is 36.3 Å². The fourth-order valence-corrected chi connectivity index (χ4v) is 3.52. The molecule has 2 N–H and O–H groups in total. The minimum Gasteiger partial charge on any atom is -0.323 e. The number of nitrogens with one attached hydrogen (secondary N) is 2. The van der Waals surface area contributed by atoms with Crippen LogP contribution in [0.1, 0.15) is 65.5 Å². The Morgan fingerprint density at radius 1 is 0.893 bits per heavy atom. The first kappa shape index (κ1) is 20.1. The highest BCUT2D eigenvalue weighted by Gasteiger charge is 2.31. The number of nitrogens with zero attached hydrogens (tertiary/aromatic N) is 4. The Morgan fingerprint density at radius 3 is 1.68 bits per heavy atom. The minimum atomic E-state index is -0.162. The highest BCUT2D eigenvalue weighted by molar-refractivity contribution is 5.95. The Balaban J connectivity index is 1.56. The first-order valence-corrected chi connectivity index (χ1v) is 10.0. The third-order valence-electron chi connectivity index (χ3n) is 5.21. The summed E-state index contributed by atoms with van der Waals surface area (Å²) in [4.78, 5) is 25.3. The van der Waals surface area contributed by atoms with Crippen molar-refractivity contribution >= 4 is 23.2 Å². The van der Waals surface area contributed by atoms with Crippen LogP contribution in [0.3, 0.4) is 0 Å². The van der Waals surface area contributed by atoms with E-state index in [9.17, 15) is 9.59 Å². The van der Waals surface area contributed by atoms with Gasteiger partial charge >= 0.3 is 0 Å². The van der Waals surface area contributed by atoms with Gasteiger partial charge in [-0.2, -0.15) is 10.2 Å². The third-order valence-corrected chi connectivity index (χ3v) is 5.21. The molecule has 1 saturated carbocycles. The zero-order valence-corrected chi connectivity index (χ0v) is 17.1. The number of hydrogen-bond donors (Lipinski definition) is 2. The number of amides is 2. The van der Waals surface area contributed by atoms with Crippen molar-refractivity contribution in [1.29, 1.82) is 0 Å². The summed E-state index contributed by atoms with van der Waals surface area (Å²) in [7, 11) is 0. The average Bonchev–Trinajstić information content (AvgIpc) is 3.31. The molecule has 1 aliphatic carbocycles. The zero-order chi connectivity index (χ0) is 20.3. The Hall–Kier alpha value is -2.64. The first-order chi connectivity index (χ1) is 13.3. The van der Waals surface area contributed by atoms with Gasteiger partial charge in [-0.3, -0.25) is 19.0 Å². The van der Waals surface area contributed by atoms with Gasteiger partial charge < -0.3 is 10.6 Å². The molecule has 1 aliphatic rings. The van der Waals surface area contributed by atoms with Crippen LogP contribution in [0.5, 0.6) is 0 Å². The van der Waals surface area contributed by atoms with Crippen LogP contribution in [0.2, 0.25) is 0 Å². The second kappa shape index (κ2) is 8.58. The van der Waals surface area contributed by atoms with Gasteiger partial charge in [0.1, 0.15) is 0 Å². The molecule has 0 spiro atoms. The third kappa shape index (κ3) is 4.79. The van der Waals surface area contributed by atoms with Gasteiger partial charge in [0.15, 0.2) is 0 Å². The van der Waals surface area contributed by atoms with Crippen LogP contribution in [-0.4, -0.2) is 31.4 Å². The van der Waals surface area contributed by atoms with Crippen LogP contribution < -0.4 is 10.6 Å². The summed E-state index contributed by atoms with van der Waals surface area (Å²) in [5, 5.41) is 14.4. The van der Waals surface area contributed by atoms with Crippen molar-refractivity contribution in [1.82, 2.24) is 19.6 Å². The molecule has 0 aliphatic heterocycles. The van der Waals surface area contributed by atoms with E-state index in [4.69, 9.17) is 0 Å². The van der Waals surface area contributed by atoms with E-state index in [0.717, 1.165) is 19.3 Å². The van der Waals surface area contributed by atoms with Gasteiger partial charge in [-0.05, 0) is 47.0 Å². The Kier molecular flexibility index (Phi) is 6.16. The van der Waals surface area contributed by atoms with Crippen molar-refractivity contribution in [3.63, 3.8) is 0 Å². The summed E-state index contributed by atoms with van der Waals surface area (Å²) < 4.78 is 3.62. The van der Waals surface area contributed by atoms with Crippen molar-refractivity contribution in [2.24, 2.45) is 11.8 Å². The fraction of sp³-hybridized carbons (Fsp3) is 0.600. The molecule has 0 radical (unpaired) electrons. The smallest absolute Gasteiger partial charge is 0.227 e. The van der Waals surface area contributed by atoms with Gasteiger partial charge in [-0.15, -0.1) is 0 Å². The molecule has 0 saturated heterocycles. The second-order valence-corrected chi connectivity index (χ2v) is 8.14. The predicted octanol–water partition coefficient (Wildman–Crippen LogP) is 3.63. The SMILES string of the molecule is CC(C)n1cc(NC(=O)C2CCCC(C(=O)Nc3cnn(C(C)C)c3)C2)cn1. The monoisotopic (exact) mass is 386 g/mol. The van der Waals surface area contributed by atoms with E-state index in [2.05, 4.69) is 20.8 Å². The molecule has 8 nitrogen and oxygen atoms in total. The summed E-state index contributed by atoms with van der Waals surface area (Å²) >= 11 is 0. The summed E-state index contributed by atoms with van der Waals surface area (Å²) in [6, 6.07) is 0.488. The fourth-order valence-electron chi connectivity index (χ4n) is 3.52. The highest BCUT2D eigenvalue weighted by atomic mass is 16.2. The molecule has 2 aromatic heterocycles. The predicted molar refractivity (Wildman–Crippen MR) is 108 cm³/mol. The van der Waals surface area contributed by atoms with E-state index in [0.29, 0.717) is 17.8 Å². The van der Waals surface area contributed by atoms with Gasteiger partial charge in [-0.1, -0.05) is 6.42 Å². The number of carbonyl (C=O) groups is 2. The number of aromatic nitrogens is 4. The summed E-state index contributed by atoms with van der Waals surface area (Å²) in [5.74, 6) is -0.391. The molecule has 28 heavy (non-hydrogen) atoms. The van der Waals surface area contributed by atoms with Crippen molar-refractivity contribution in [3.05, 3.63) is 24.8 Å². The van der Waals surface area contributed by atoms with E-state index in [1.165, 1.54) is 0 Å². The molecule has 2 amide bonds. The van der Waals surface area contributed by atoms with Gasteiger partial charge in [0.05, 0.1) is 23.8 Å². The largest absolute Gasteiger partial charge is 0.323 e. The molecule has 3 rings (SSSR count). The minimum absolute atomic E-state index is 0.0339. The molecule has 0 bridgehead atoms. The van der Waals surface area contributed by atoms with E-state index >= 15 is 0 Å². The van der Waals surface area contributed by atoms with Crippen LogP contribution in [0.4, 0.5) is 11.4 Å². The number of hydrogen-bond acceptors (Lipinski definition) is 4. The lowest BCUT2D eigenvalue weighted by Crippen LogP contribution is -2.33. The number of rotatable bonds is 6. The molecule has 2 aromatic rings. The quantitative estimate of drug-likeness (QED) is 0.793. The van der Waals surface area contributed by atoms with Crippen LogP contribution in [0.15, 0.2) is 24.8 Å². The van der Waals surface area contributed by atoms with Crippen molar-refractivity contribution in [2.75, 3.05) is 10.6 Å². The summed E-state index contributed by atoms with van der Waals surface area (Å²) in [5.41, 5.74) is 1.40. The van der Waals surface area contributed by atoms with Crippen molar-refractivity contribution < 1.29 is 9.59 Å². The van der Waals surface area contributed by atoms with Gasteiger partial charge in [0.25, 0.3) is 0 Å². The molecule has 2 unspecified atom stereocenters. The van der Waals surface area contributed by atoms with Crippen molar-refractivity contribution in [3.8, 4) is 0 Å². The molecular formula is C20H30N6O2. The lowest BCUT2D eigenvalue weighted by Gasteiger charge is -2.27. The number of anilines is 2. The molecule has 8 heteroatoms. The van der Waals surface area contributed by atoms with E-state index in [1.54, 1.807) is 12.4 Å². The Bertz CT molecular complexity index is 756. The first-order valence-electron chi connectivity index (χ1n) is 10.0. The van der Waals surface area contributed by atoms with Gasteiger partial charge in [0.2, 0.25) is 11.8 Å². The molecule has 2 heterocycles. The topological polar surface area (TPSA) is 93.8 Å². The van der Waals surface area contributed by atoms with E-state index in [-0.39, 0.29) is 35.7 Å². The summed E-state index contributed by atoms with van der Waals surface area (Å²) in [6.45, 7) is 8.14. The van der Waals surface area contributed by atoms with Gasteiger partial charge in [-0.25, -0.2) is 0 Å². The van der Waals surface area contributed by atoms with Crippen LogP contribution in [0.25, 0.3) is 0 Å². The zero-order valence-electron chi connectivity index (χ0n) is 17.1. The maximum Gasteiger partial charge on any atom is 0.227 e. The lowest BCUT2D eigenvalue weighted by atomic mass is 9.80. The van der Waals surface area contributed by atoms with Crippen LogP contribution in [0, 0.1) is 11.8 Å². The van der Waals surface area contributed by atoms with Crippen LogP contribution in [-0.2, 0) is 9.59 Å². The standard InChI is InChI=1S/C20H30N6O2/c1-13(2)25-11-17(9-21-25)23-19(27)15-6-5-7-16(8-15)20(28)24-18-10-22-26(12-18)14(3)4/h9-16H,5-8H2,1-4H3,(H,23,27)(H,24,28). The summed E-state index contributed by atoms with van der Waals surface area (Å²) in [6.07, 6.45) is 10.0. The van der Waals surface area contributed by atoms with E-state index < -0.39 is 0 Å². The number of carbonyl (C=O) groups excluding carboxylic acids is 2. The molecule has 0 aromatic carbocycles. The maximum absolute atomic E-state index is 12.7. The normalized spacial score (nSPS) is 19.8. The molecule has 1 fully saturated rings. The Labute approximate surface area is 165 Å².